The summed E-state index contributed by atoms with van der Waals surface area (Å²) in [6, 6.07) is 1.69. The van der Waals surface area contributed by atoms with Crippen molar-refractivity contribution in [3.05, 3.63) is 12.3 Å². The van der Waals surface area contributed by atoms with Gasteiger partial charge in [-0.05, 0) is 19.4 Å². The van der Waals surface area contributed by atoms with Gasteiger partial charge < -0.3 is 10.3 Å². The van der Waals surface area contributed by atoms with E-state index in [0.29, 0.717) is 12.1 Å². The van der Waals surface area contributed by atoms with Crippen molar-refractivity contribution in [1.82, 2.24) is 9.78 Å². The summed E-state index contributed by atoms with van der Waals surface area (Å²) in [6.45, 7) is 3.45. The van der Waals surface area contributed by atoms with Gasteiger partial charge in [0, 0.05) is 6.20 Å². The number of nitrogen functional groups attached to an aromatic ring is 1. The lowest BCUT2D eigenvalue weighted by molar-refractivity contribution is 0.569. The molecular weight excluding hydrogens is 161 g/mol. The van der Waals surface area contributed by atoms with Gasteiger partial charge in [0.05, 0.1) is 6.29 Å². The van der Waals surface area contributed by atoms with E-state index >= 15 is 0 Å². The van der Waals surface area contributed by atoms with Gasteiger partial charge in [0.25, 0.3) is 0 Å². The zero-order chi connectivity index (χ0) is 8.48. The normalized spacial score (nSPS) is 11.8. The van der Waals surface area contributed by atoms with E-state index in [-0.39, 0.29) is 0 Å². The Morgan fingerprint density at radius 1 is 1.73 bits per heavy atom. The highest BCUT2D eigenvalue weighted by molar-refractivity contribution is 7.61. The lowest BCUT2D eigenvalue weighted by Crippen LogP contribution is -1.99. The fourth-order valence-electron chi connectivity index (χ4n) is 0.805. The van der Waals surface area contributed by atoms with Crippen LogP contribution in [0.3, 0.4) is 0 Å². The third-order valence-electron chi connectivity index (χ3n) is 1.15. The van der Waals surface area contributed by atoms with Crippen LogP contribution in [0.2, 0.25) is 0 Å². The average molecular weight is 173 g/mol. The lowest BCUT2D eigenvalue weighted by atomic mass is 10.7. The maximum absolute atomic E-state index is 11.3. The van der Waals surface area contributed by atoms with Crippen LogP contribution in [0.15, 0.2) is 12.3 Å². The van der Waals surface area contributed by atoms with Gasteiger partial charge in [-0.25, -0.2) is 0 Å². The molecule has 0 amide bonds. The molecule has 2 N–H and O–H groups in total. The first-order chi connectivity index (χ1) is 4.97. The van der Waals surface area contributed by atoms with E-state index in [1.54, 1.807) is 30.3 Å². The summed E-state index contributed by atoms with van der Waals surface area (Å²) in [4.78, 5) is 0. The van der Waals surface area contributed by atoms with Gasteiger partial charge in [0.2, 0.25) is 0 Å². The van der Waals surface area contributed by atoms with Crippen LogP contribution >= 0.6 is 7.14 Å². The predicted octanol–water partition coefficient (Wildman–Crippen LogP) is 1.05. The van der Waals surface area contributed by atoms with E-state index in [1.807, 2.05) is 0 Å². The van der Waals surface area contributed by atoms with Gasteiger partial charge >= 0.3 is 0 Å². The third-order valence-corrected chi connectivity index (χ3v) is 2.12. The number of rotatable bonds is 2. The maximum Gasteiger partial charge on any atom is 0.145 e. The molecule has 0 aliphatic rings. The molecule has 11 heavy (non-hydrogen) atoms. The summed E-state index contributed by atoms with van der Waals surface area (Å²) in [5.74, 6) is 0.471. The van der Waals surface area contributed by atoms with Crippen LogP contribution in [-0.2, 0) is 10.9 Å². The van der Waals surface area contributed by atoms with Crippen molar-refractivity contribution in [3.63, 3.8) is 0 Å². The summed E-state index contributed by atoms with van der Waals surface area (Å²) in [5.41, 5.74) is 5.38. The van der Waals surface area contributed by atoms with Gasteiger partial charge in [-0.1, -0.05) is 0 Å². The molecule has 0 bridgehead atoms. The maximum atomic E-state index is 11.3. The van der Waals surface area contributed by atoms with E-state index < -0.39 is 7.14 Å². The molecule has 0 saturated carbocycles. The van der Waals surface area contributed by atoms with Crippen molar-refractivity contribution in [2.24, 2.45) is 0 Å². The smallest absolute Gasteiger partial charge is 0.145 e. The van der Waals surface area contributed by atoms with Crippen LogP contribution in [0.5, 0.6) is 0 Å². The van der Waals surface area contributed by atoms with Gasteiger partial charge in [-0.15, -0.1) is 0 Å². The summed E-state index contributed by atoms with van der Waals surface area (Å²) in [6.07, 6.45) is 2.19. The Morgan fingerprint density at radius 2 is 2.36 bits per heavy atom. The molecule has 0 radical (unpaired) electrons. The molecular formula is C6H12N3OP. The second-order valence-electron chi connectivity index (χ2n) is 3.00. The van der Waals surface area contributed by atoms with Gasteiger partial charge in [-0.2, -0.15) is 5.10 Å². The molecule has 1 rings (SSSR count). The Hall–Kier alpha value is -0.760. The Morgan fingerprint density at radius 3 is 2.73 bits per heavy atom. The fraction of sp³-hybridized carbons (Fsp3) is 0.500. The number of nitrogens with two attached hydrogens (primary N) is 1. The first-order valence-electron chi connectivity index (χ1n) is 3.30. The Balaban J connectivity index is 2.73. The van der Waals surface area contributed by atoms with Gasteiger partial charge in [-0.3, -0.25) is 4.68 Å². The highest BCUT2D eigenvalue weighted by atomic mass is 31.2. The molecule has 4 nitrogen and oxygen atoms in total. The average Bonchev–Trinajstić information content (AvgIpc) is 2.10. The number of anilines is 1. The molecule has 0 aromatic carbocycles. The van der Waals surface area contributed by atoms with Crippen molar-refractivity contribution in [1.29, 1.82) is 0 Å². The number of aromatic nitrogens is 2. The van der Waals surface area contributed by atoms with E-state index in [4.69, 9.17) is 5.73 Å². The molecule has 5 heteroatoms. The minimum atomic E-state index is -2.03. The van der Waals surface area contributed by atoms with Crippen LogP contribution in [-0.4, -0.2) is 23.1 Å². The van der Waals surface area contributed by atoms with Crippen LogP contribution in [0, 0.1) is 0 Å². The molecule has 0 atom stereocenters. The third kappa shape index (κ3) is 2.76. The zero-order valence-corrected chi connectivity index (χ0v) is 7.58. The minimum absolute atomic E-state index is 0.462. The molecule has 62 valence electrons. The Labute approximate surface area is 65.8 Å². The standard InChI is InChI=1S/C6H12N3OP/c1-11(2,10)5-9-4-3-6(7)8-9/h3-4H,5H2,1-2H3,(H2,7,8). The summed E-state index contributed by atoms with van der Waals surface area (Å²) in [5, 5.41) is 3.92. The van der Waals surface area contributed by atoms with Crippen molar-refractivity contribution >= 4 is 13.0 Å². The van der Waals surface area contributed by atoms with Crippen molar-refractivity contribution in [3.8, 4) is 0 Å². The van der Waals surface area contributed by atoms with Crippen molar-refractivity contribution in [2.45, 2.75) is 6.29 Å². The van der Waals surface area contributed by atoms with Crippen molar-refractivity contribution < 1.29 is 4.57 Å². The molecule has 0 unspecified atom stereocenters. The summed E-state index contributed by atoms with van der Waals surface area (Å²) >= 11 is 0. The molecule has 0 fully saturated rings. The highest BCUT2D eigenvalue weighted by Gasteiger charge is 2.07. The Bertz CT molecular complexity index is 288. The number of hydrogen-bond donors (Lipinski definition) is 1. The van der Waals surface area contributed by atoms with Crippen LogP contribution in [0.1, 0.15) is 0 Å². The first kappa shape index (κ1) is 8.34. The molecule has 0 spiro atoms. The zero-order valence-electron chi connectivity index (χ0n) is 6.69. The molecule has 0 aliphatic carbocycles. The van der Waals surface area contributed by atoms with Gasteiger partial charge in [0.15, 0.2) is 0 Å². The number of hydrogen-bond acceptors (Lipinski definition) is 3. The van der Waals surface area contributed by atoms with E-state index in [9.17, 15) is 4.57 Å². The van der Waals surface area contributed by atoms with E-state index in [1.165, 1.54) is 0 Å². The largest absolute Gasteiger partial charge is 0.382 e. The SMILES string of the molecule is CP(C)(=O)Cn1ccc(N)n1. The molecule has 0 saturated heterocycles. The molecule has 1 aromatic rings. The predicted molar refractivity (Wildman–Crippen MR) is 46.1 cm³/mol. The lowest BCUT2D eigenvalue weighted by Gasteiger charge is -2.04. The second-order valence-corrected chi connectivity index (χ2v) is 6.43. The second kappa shape index (κ2) is 2.70. The van der Waals surface area contributed by atoms with Crippen LogP contribution in [0.25, 0.3) is 0 Å². The molecule has 1 aromatic heterocycles. The van der Waals surface area contributed by atoms with Crippen LogP contribution < -0.4 is 5.73 Å². The fourth-order valence-corrected chi connectivity index (χ4v) is 1.66. The Kier molecular flexibility index (Phi) is 2.05. The number of nitrogens with zero attached hydrogens (tertiary/aromatic N) is 2. The molecule has 0 aliphatic heterocycles. The van der Waals surface area contributed by atoms with E-state index in [2.05, 4.69) is 5.10 Å². The highest BCUT2D eigenvalue weighted by Crippen LogP contribution is 2.37. The van der Waals surface area contributed by atoms with Crippen LogP contribution in [0.4, 0.5) is 5.82 Å². The topological polar surface area (TPSA) is 60.9 Å². The summed E-state index contributed by atoms with van der Waals surface area (Å²) in [7, 11) is -2.03. The van der Waals surface area contributed by atoms with Gasteiger partial charge in [0.1, 0.15) is 13.0 Å². The van der Waals surface area contributed by atoms with E-state index in [0.717, 1.165) is 0 Å². The first-order valence-corrected chi connectivity index (χ1v) is 6.09. The monoisotopic (exact) mass is 173 g/mol. The summed E-state index contributed by atoms with van der Waals surface area (Å²) < 4.78 is 12.9. The quantitative estimate of drug-likeness (QED) is 0.680. The van der Waals surface area contributed by atoms with Crippen molar-refractivity contribution in [2.75, 3.05) is 19.1 Å². The molecule has 1 heterocycles. The minimum Gasteiger partial charge on any atom is -0.382 e.